The predicted molar refractivity (Wildman–Crippen MR) is 74.6 cm³/mol. The second-order valence-electron chi connectivity index (χ2n) is 4.10. The Morgan fingerprint density at radius 1 is 1.19 bits per heavy atom. The lowest BCUT2D eigenvalue weighted by molar-refractivity contribution is -0.139. The van der Waals surface area contributed by atoms with Crippen molar-refractivity contribution in [1.29, 1.82) is 0 Å². The number of ether oxygens (including phenoxy) is 1. The second-order valence-corrected chi connectivity index (χ2v) is 4.10. The minimum Gasteiger partial charge on any atom is -0.475 e. The van der Waals surface area contributed by atoms with Gasteiger partial charge in [0, 0.05) is 11.1 Å². The maximum atomic E-state index is 10.9. The van der Waals surface area contributed by atoms with Crippen molar-refractivity contribution in [3.8, 4) is 23.2 Å². The fourth-order valence-corrected chi connectivity index (χ4v) is 1.62. The van der Waals surface area contributed by atoms with Crippen molar-refractivity contribution in [2.24, 2.45) is 0 Å². The molecule has 1 aromatic carbocycles. The van der Waals surface area contributed by atoms with Gasteiger partial charge in [-0.1, -0.05) is 24.0 Å². The molecule has 0 unspecified atom stereocenters. The van der Waals surface area contributed by atoms with E-state index in [9.17, 15) is 9.59 Å². The van der Waals surface area contributed by atoms with Gasteiger partial charge < -0.3 is 14.3 Å². The van der Waals surface area contributed by atoms with Crippen molar-refractivity contribution >= 4 is 11.9 Å². The predicted octanol–water partition coefficient (Wildman–Crippen LogP) is 2.56. The van der Waals surface area contributed by atoms with Crippen LogP contribution < -0.4 is 0 Å². The topological polar surface area (TPSA) is 76.7 Å². The van der Waals surface area contributed by atoms with Gasteiger partial charge >= 0.3 is 11.9 Å². The van der Waals surface area contributed by atoms with Crippen molar-refractivity contribution in [2.45, 2.75) is 6.42 Å². The van der Waals surface area contributed by atoms with Crippen molar-refractivity contribution in [1.82, 2.24) is 0 Å². The summed E-state index contributed by atoms with van der Waals surface area (Å²) in [6.07, 6.45) is 0.0401. The number of carboxylic acid groups (broad SMARTS) is 1. The van der Waals surface area contributed by atoms with Gasteiger partial charge in [0.15, 0.2) is 0 Å². The summed E-state index contributed by atoms with van der Waals surface area (Å²) < 4.78 is 9.69. The van der Waals surface area contributed by atoms with Crippen LogP contribution in [0.3, 0.4) is 0 Å². The number of carboxylic acids is 1. The third kappa shape index (κ3) is 3.74. The number of hydrogen-bond donors (Lipinski definition) is 1. The summed E-state index contributed by atoms with van der Waals surface area (Å²) in [5.41, 5.74) is 1.49. The van der Waals surface area contributed by atoms with Crippen molar-refractivity contribution in [2.75, 3.05) is 7.11 Å². The van der Waals surface area contributed by atoms with Gasteiger partial charge in [-0.2, -0.15) is 0 Å². The molecule has 5 nitrogen and oxygen atoms in total. The fourth-order valence-electron chi connectivity index (χ4n) is 1.62. The number of furan rings is 1. The van der Waals surface area contributed by atoms with Crippen LogP contribution in [0.15, 0.2) is 40.8 Å². The summed E-state index contributed by atoms with van der Waals surface area (Å²) in [7, 11) is 1.31. The standard InChI is InChI=1S/C16H12O5/c1-20-15(17)4-2-3-11-5-7-12(8-6-11)13-9-10-14(21-13)16(18)19/h5-10H,4H2,1H3,(H,18,19). The van der Waals surface area contributed by atoms with E-state index in [1.54, 1.807) is 30.3 Å². The monoisotopic (exact) mass is 284 g/mol. The molecule has 1 aromatic heterocycles. The molecule has 0 bridgehead atoms. The van der Waals surface area contributed by atoms with Gasteiger partial charge in [-0.3, -0.25) is 4.79 Å². The molecule has 106 valence electrons. The highest BCUT2D eigenvalue weighted by Gasteiger charge is 2.09. The first-order chi connectivity index (χ1) is 10.1. The summed E-state index contributed by atoms with van der Waals surface area (Å²) in [6, 6.07) is 10.1. The summed E-state index contributed by atoms with van der Waals surface area (Å²) in [4.78, 5) is 21.7. The molecular weight excluding hydrogens is 272 g/mol. The molecule has 2 rings (SSSR count). The van der Waals surface area contributed by atoms with E-state index in [2.05, 4.69) is 16.6 Å². The van der Waals surface area contributed by atoms with Crippen LogP contribution in [0.1, 0.15) is 22.5 Å². The van der Waals surface area contributed by atoms with Crippen LogP contribution in [-0.2, 0) is 9.53 Å². The maximum absolute atomic E-state index is 10.9. The van der Waals surface area contributed by atoms with Gasteiger partial charge in [0.1, 0.15) is 12.2 Å². The lowest BCUT2D eigenvalue weighted by Gasteiger charge is -1.97. The van der Waals surface area contributed by atoms with Crippen LogP contribution in [0, 0.1) is 11.8 Å². The SMILES string of the molecule is COC(=O)CC#Cc1ccc(-c2ccc(C(=O)O)o2)cc1. The molecule has 1 heterocycles. The van der Waals surface area contributed by atoms with Crippen molar-refractivity contribution in [3.63, 3.8) is 0 Å². The molecule has 5 heteroatoms. The van der Waals surface area contributed by atoms with Gasteiger partial charge in [0.2, 0.25) is 5.76 Å². The zero-order valence-corrected chi connectivity index (χ0v) is 11.3. The maximum Gasteiger partial charge on any atom is 0.371 e. The van der Waals surface area contributed by atoms with Crippen LogP contribution in [-0.4, -0.2) is 24.2 Å². The fraction of sp³-hybridized carbons (Fsp3) is 0.125. The highest BCUT2D eigenvalue weighted by molar-refractivity contribution is 5.85. The zero-order valence-electron chi connectivity index (χ0n) is 11.3. The Kier molecular flexibility index (Phi) is 4.42. The molecule has 1 N–H and O–H groups in total. The smallest absolute Gasteiger partial charge is 0.371 e. The first-order valence-corrected chi connectivity index (χ1v) is 6.09. The molecule has 0 radical (unpaired) electrons. The number of hydrogen-bond acceptors (Lipinski definition) is 4. The number of benzene rings is 1. The number of carbonyl (C=O) groups excluding carboxylic acids is 1. The number of carbonyl (C=O) groups is 2. The van der Waals surface area contributed by atoms with Gasteiger partial charge in [0.05, 0.1) is 7.11 Å². The normalized spacial score (nSPS) is 9.57. The summed E-state index contributed by atoms with van der Waals surface area (Å²) in [6.45, 7) is 0. The van der Waals surface area contributed by atoms with Crippen molar-refractivity contribution < 1.29 is 23.8 Å². The Balaban J connectivity index is 2.11. The molecule has 0 atom stereocenters. The highest BCUT2D eigenvalue weighted by atomic mass is 16.5. The first kappa shape index (κ1) is 14.4. The molecule has 2 aromatic rings. The average Bonchev–Trinajstić information content (AvgIpc) is 2.98. The number of rotatable bonds is 3. The Hall–Kier alpha value is -3.00. The quantitative estimate of drug-likeness (QED) is 0.692. The Morgan fingerprint density at radius 3 is 2.48 bits per heavy atom. The zero-order chi connectivity index (χ0) is 15.2. The third-order valence-electron chi connectivity index (χ3n) is 2.68. The first-order valence-electron chi connectivity index (χ1n) is 6.09. The van der Waals surface area contributed by atoms with Crippen LogP contribution in [0.5, 0.6) is 0 Å². The lowest BCUT2D eigenvalue weighted by Crippen LogP contribution is -1.96. The summed E-state index contributed by atoms with van der Waals surface area (Å²) >= 11 is 0. The van der Waals surface area contributed by atoms with E-state index in [0.29, 0.717) is 5.76 Å². The van der Waals surface area contributed by atoms with E-state index in [1.807, 2.05) is 0 Å². The molecular formula is C16H12O5. The Labute approximate surface area is 121 Å². The molecule has 0 aliphatic rings. The second kappa shape index (κ2) is 6.44. The average molecular weight is 284 g/mol. The van der Waals surface area contributed by atoms with E-state index < -0.39 is 5.97 Å². The Bertz CT molecular complexity index is 713. The van der Waals surface area contributed by atoms with Gasteiger partial charge in [-0.05, 0) is 24.3 Å². The molecule has 0 saturated carbocycles. The molecule has 0 aliphatic heterocycles. The van der Waals surface area contributed by atoms with Crippen LogP contribution in [0.25, 0.3) is 11.3 Å². The van der Waals surface area contributed by atoms with E-state index in [4.69, 9.17) is 9.52 Å². The van der Waals surface area contributed by atoms with Gasteiger partial charge in [-0.25, -0.2) is 4.79 Å². The Morgan fingerprint density at radius 2 is 1.90 bits per heavy atom. The highest BCUT2D eigenvalue weighted by Crippen LogP contribution is 2.22. The number of methoxy groups -OCH3 is 1. The van der Waals surface area contributed by atoms with Gasteiger partial charge in [-0.15, -0.1) is 0 Å². The molecule has 21 heavy (non-hydrogen) atoms. The van der Waals surface area contributed by atoms with Crippen molar-refractivity contribution in [3.05, 3.63) is 47.7 Å². The van der Waals surface area contributed by atoms with Crippen LogP contribution in [0.2, 0.25) is 0 Å². The molecule has 0 fully saturated rings. The van der Waals surface area contributed by atoms with E-state index >= 15 is 0 Å². The molecule has 0 aliphatic carbocycles. The van der Waals surface area contributed by atoms with Gasteiger partial charge in [0.25, 0.3) is 0 Å². The van der Waals surface area contributed by atoms with Crippen LogP contribution in [0.4, 0.5) is 0 Å². The number of aromatic carboxylic acids is 1. The third-order valence-corrected chi connectivity index (χ3v) is 2.68. The molecule has 0 amide bonds. The summed E-state index contributed by atoms with van der Waals surface area (Å²) in [5, 5.41) is 8.80. The minimum absolute atomic E-state index is 0.0401. The molecule has 0 saturated heterocycles. The van der Waals surface area contributed by atoms with Crippen LogP contribution >= 0.6 is 0 Å². The molecule has 0 spiro atoms. The summed E-state index contributed by atoms with van der Waals surface area (Å²) in [5.74, 6) is 4.43. The largest absolute Gasteiger partial charge is 0.475 e. The van der Waals surface area contributed by atoms with E-state index in [-0.39, 0.29) is 18.2 Å². The van der Waals surface area contributed by atoms with E-state index in [0.717, 1.165) is 11.1 Å². The minimum atomic E-state index is -1.11. The lowest BCUT2D eigenvalue weighted by atomic mass is 10.1. The number of esters is 1. The van der Waals surface area contributed by atoms with E-state index in [1.165, 1.54) is 13.2 Å².